The molecule has 2 nitrogen and oxygen atoms in total. The van der Waals surface area contributed by atoms with Gasteiger partial charge in [0.1, 0.15) is 5.75 Å². The maximum Gasteiger partial charge on any atom is 0.224 e. The van der Waals surface area contributed by atoms with E-state index in [1.165, 1.54) is 5.56 Å². The van der Waals surface area contributed by atoms with Crippen molar-refractivity contribution in [1.82, 2.24) is 0 Å². The Kier molecular flexibility index (Phi) is 6.20. The molecular formula is C15H21ClO2. The molecule has 1 aromatic carbocycles. The first kappa shape index (κ1) is 15.0. The van der Waals surface area contributed by atoms with Crippen LogP contribution in [0, 0.1) is 19.8 Å². The molecule has 0 radical (unpaired) electrons. The van der Waals surface area contributed by atoms with Crippen molar-refractivity contribution in [3.05, 3.63) is 29.3 Å². The van der Waals surface area contributed by atoms with E-state index in [1.54, 1.807) is 0 Å². The molecule has 0 heterocycles. The zero-order chi connectivity index (χ0) is 13.5. The standard InChI is InChI=1S/C15H21ClO2/c1-4-13(15(16)17)6-5-9-18-14-10-11(2)7-8-12(14)3/h7-8,10,13H,4-6,9H2,1-3H3/t13-/m0/s1. The first-order chi connectivity index (χ1) is 8.54. The van der Waals surface area contributed by atoms with Crippen LogP contribution < -0.4 is 4.74 Å². The molecule has 1 aromatic rings. The zero-order valence-corrected chi connectivity index (χ0v) is 12.1. The first-order valence-corrected chi connectivity index (χ1v) is 6.81. The lowest BCUT2D eigenvalue weighted by molar-refractivity contribution is -0.115. The Labute approximate surface area is 114 Å². The van der Waals surface area contributed by atoms with Crippen LogP contribution in [-0.2, 0) is 4.79 Å². The van der Waals surface area contributed by atoms with E-state index in [1.807, 2.05) is 26.8 Å². The number of halogens is 1. The molecule has 0 bridgehead atoms. The van der Waals surface area contributed by atoms with E-state index < -0.39 is 0 Å². The molecule has 1 atom stereocenters. The monoisotopic (exact) mass is 268 g/mol. The van der Waals surface area contributed by atoms with Crippen LogP contribution >= 0.6 is 11.6 Å². The van der Waals surface area contributed by atoms with Crippen LogP contribution in [0.2, 0.25) is 0 Å². The number of hydrogen-bond acceptors (Lipinski definition) is 2. The molecule has 0 N–H and O–H groups in total. The highest BCUT2D eigenvalue weighted by molar-refractivity contribution is 6.63. The number of hydrogen-bond donors (Lipinski definition) is 0. The molecule has 0 aliphatic carbocycles. The summed E-state index contributed by atoms with van der Waals surface area (Å²) in [5.74, 6) is 0.897. The van der Waals surface area contributed by atoms with Gasteiger partial charge < -0.3 is 4.74 Å². The number of aryl methyl sites for hydroxylation is 2. The van der Waals surface area contributed by atoms with Gasteiger partial charge in [-0.05, 0) is 61.9 Å². The predicted octanol–water partition coefficient (Wildman–Crippen LogP) is 4.25. The van der Waals surface area contributed by atoms with Crippen molar-refractivity contribution in [2.45, 2.75) is 40.0 Å². The van der Waals surface area contributed by atoms with Crippen molar-refractivity contribution < 1.29 is 9.53 Å². The summed E-state index contributed by atoms with van der Waals surface area (Å²) in [6.45, 7) is 6.69. The maximum atomic E-state index is 11.1. The van der Waals surface area contributed by atoms with E-state index in [0.29, 0.717) is 6.61 Å². The van der Waals surface area contributed by atoms with Gasteiger partial charge in [-0.2, -0.15) is 0 Å². The second-order valence-corrected chi connectivity index (χ2v) is 5.04. The average Bonchev–Trinajstić information content (AvgIpc) is 2.33. The van der Waals surface area contributed by atoms with Gasteiger partial charge in [-0.3, -0.25) is 4.79 Å². The highest BCUT2D eigenvalue weighted by Gasteiger charge is 2.13. The van der Waals surface area contributed by atoms with Gasteiger partial charge in [0.2, 0.25) is 5.24 Å². The molecule has 0 saturated heterocycles. The molecule has 18 heavy (non-hydrogen) atoms. The van der Waals surface area contributed by atoms with Crippen molar-refractivity contribution in [3.63, 3.8) is 0 Å². The molecule has 0 saturated carbocycles. The molecular weight excluding hydrogens is 248 g/mol. The van der Waals surface area contributed by atoms with Gasteiger partial charge in [0.15, 0.2) is 0 Å². The molecule has 0 amide bonds. The van der Waals surface area contributed by atoms with Crippen molar-refractivity contribution in [2.24, 2.45) is 5.92 Å². The minimum absolute atomic E-state index is 0.0335. The molecule has 0 spiro atoms. The summed E-state index contributed by atoms with van der Waals surface area (Å²) in [5.41, 5.74) is 2.33. The quantitative estimate of drug-likeness (QED) is 0.546. The van der Waals surface area contributed by atoms with Gasteiger partial charge in [-0.1, -0.05) is 19.1 Å². The van der Waals surface area contributed by atoms with Crippen molar-refractivity contribution in [2.75, 3.05) is 6.61 Å². The Morgan fingerprint density at radius 2 is 2.11 bits per heavy atom. The second-order valence-electron chi connectivity index (χ2n) is 4.67. The fourth-order valence-electron chi connectivity index (χ4n) is 1.85. The topological polar surface area (TPSA) is 26.3 Å². The van der Waals surface area contributed by atoms with Gasteiger partial charge in [0.05, 0.1) is 6.61 Å². The SMILES string of the molecule is CC[C@@H](CCCOc1cc(C)ccc1C)C(=O)Cl. The van der Waals surface area contributed by atoms with Crippen LogP contribution in [0.3, 0.4) is 0 Å². The average molecular weight is 269 g/mol. The highest BCUT2D eigenvalue weighted by Crippen LogP contribution is 2.20. The summed E-state index contributed by atoms with van der Waals surface area (Å²) in [6.07, 6.45) is 2.44. The largest absolute Gasteiger partial charge is 0.493 e. The number of ether oxygens (including phenoxy) is 1. The highest BCUT2D eigenvalue weighted by atomic mass is 35.5. The zero-order valence-electron chi connectivity index (χ0n) is 11.3. The number of benzene rings is 1. The molecule has 100 valence electrons. The fourth-order valence-corrected chi connectivity index (χ4v) is 2.12. The Hall–Kier alpha value is -1.02. The lowest BCUT2D eigenvalue weighted by atomic mass is 10.0. The Morgan fingerprint density at radius 1 is 1.39 bits per heavy atom. The molecule has 0 aliphatic heterocycles. The van der Waals surface area contributed by atoms with Crippen LogP contribution in [0.4, 0.5) is 0 Å². The van der Waals surface area contributed by atoms with E-state index in [4.69, 9.17) is 16.3 Å². The van der Waals surface area contributed by atoms with Crippen molar-refractivity contribution in [3.8, 4) is 5.75 Å². The number of rotatable bonds is 7. The minimum atomic E-state index is -0.232. The summed E-state index contributed by atoms with van der Waals surface area (Å²) in [6, 6.07) is 6.17. The third-order valence-electron chi connectivity index (χ3n) is 3.11. The number of carbonyl (C=O) groups excluding carboxylic acids is 1. The summed E-state index contributed by atoms with van der Waals surface area (Å²) in [7, 11) is 0. The van der Waals surface area contributed by atoms with E-state index >= 15 is 0 Å². The Bertz CT molecular complexity index is 401. The maximum absolute atomic E-state index is 11.1. The summed E-state index contributed by atoms with van der Waals surface area (Å²) in [4.78, 5) is 11.1. The van der Waals surface area contributed by atoms with Crippen LogP contribution in [0.25, 0.3) is 0 Å². The Morgan fingerprint density at radius 3 is 2.72 bits per heavy atom. The molecule has 0 unspecified atom stereocenters. The van der Waals surface area contributed by atoms with Gasteiger partial charge in [0.25, 0.3) is 0 Å². The van der Waals surface area contributed by atoms with Crippen LogP contribution in [-0.4, -0.2) is 11.8 Å². The second kappa shape index (κ2) is 7.42. The summed E-state index contributed by atoms with van der Waals surface area (Å²) < 4.78 is 5.74. The molecule has 0 aliphatic rings. The lowest BCUT2D eigenvalue weighted by Crippen LogP contribution is -2.09. The fraction of sp³-hybridized carbons (Fsp3) is 0.533. The summed E-state index contributed by atoms with van der Waals surface area (Å²) >= 11 is 5.51. The smallest absolute Gasteiger partial charge is 0.224 e. The van der Waals surface area contributed by atoms with Gasteiger partial charge in [0, 0.05) is 5.92 Å². The van der Waals surface area contributed by atoms with E-state index in [9.17, 15) is 4.79 Å². The predicted molar refractivity (Wildman–Crippen MR) is 75.3 cm³/mol. The molecule has 0 fully saturated rings. The third-order valence-corrected chi connectivity index (χ3v) is 3.42. The van der Waals surface area contributed by atoms with Gasteiger partial charge in [-0.25, -0.2) is 0 Å². The van der Waals surface area contributed by atoms with Gasteiger partial charge >= 0.3 is 0 Å². The third kappa shape index (κ3) is 4.69. The molecule has 1 rings (SSSR count). The molecule has 0 aromatic heterocycles. The van der Waals surface area contributed by atoms with E-state index in [-0.39, 0.29) is 11.2 Å². The number of carbonyl (C=O) groups is 1. The van der Waals surface area contributed by atoms with Gasteiger partial charge in [-0.15, -0.1) is 0 Å². The summed E-state index contributed by atoms with van der Waals surface area (Å²) in [5, 5.41) is -0.232. The Balaban J connectivity index is 2.37. The normalized spacial score (nSPS) is 12.2. The lowest BCUT2D eigenvalue weighted by Gasteiger charge is -2.12. The van der Waals surface area contributed by atoms with E-state index in [2.05, 4.69) is 12.1 Å². The van der Waals surface area contributed by atoms with Crippen molar-refractivity contribution >= 4 is 16.8 Å². The minimum Gasteiger partial charge on any atom is -0.493 e. The van der Waals surface area contributed by atoms with Crippen LogP contribution in [0.15, 0.2) is 18.2 Å². The van der Waals surface area contributed by atoms with Crippen LogP contribution in [0.5, 0.6) is 5.75 Å². The molecule has 3 heteroatoms. The van der Waals surface area contributed by atoms with Crippen LogP contribution in [0.1, 0.15) is 37.3 Å². The first-order valence-electron chi connectivity index (χ1n) is 6.44. The van der Waals surface area contributed by atoms with Crippen molar-refractivity contribution in [1.29, 1.82) is 0 Å². The van der Waals surface area contributed by atoms with E-state index in [0.717, 1.165) is 30.6 Å².